The van der Waals surface area contributed by atoms with Crippen molar-refractivity contribution in [1.29, 1.82) is 0 Å². The first-order valence-electron chi connectivity index (χ1n) is 5.21. The first-order chi connectivity index (χ1) is 8.98. The highest BCUT2D eigenvalue weighted by Gasteiger charge is 2.24. The largest absolute Gasteiger partial charge is 0.506 e. The summed E-state index contributed by atoms with van der Waals surface area (Å²) >= 11 is 6.05. The second kappa shape index (κ2) is 5.07. The van der Waals surface area contributed by atoms with Gasteiger partial charge in [-0.1, -0.05) is 11.6 Å². The van der Waals surface area contributed by atoms with Crippen molar-refractivity contribution in [2.75, 3.05) is 0 Å². The number of aliphatic hydroxyl groups is 1. The topological polar surface area (TPSA) is 100 Å². The van der Waals surface area contributed by atoms with Gasteiger partial charge < -0.3 is 10.4 Å². The molecule has 0 radical (unpaired) electrons. The Morgan fingerprint density at radius 1 is 1.37 bits per heavy atom. The van der Waals surface area contributed by atoms with Gasteiger partial charge in [0.25, 0.3) is 5.69 Å². The van der Waals surface area contributed by atoms with Crippen LogP contribution in [-0.4, -0.2) is 15.2 Å². The number of halogens is 1. The summed E-state index contributed by atoms with van der Waals surface area (Å²) in [6, 6.07) is 5.57. The third-order valence-electron chi connectivity index (χ3n) is 2.27. The minimum Gasteiger partial charge on any atom is -0.506 e. The molecular weight excluding hydrogens is 272 g/mol. The van der Waals surface area contributed by atoms with Gasteiger partial charge in [0.2, 0.25) is 5.12 Å². The van der Waals surface area contributed by atoms with Gasteiger partial charge in [-0.3, -0.25) is 10.1 Å². The molecule has 0 aliphatic carbocycles. The summed E-state index contributed by atoms with van der Waals surface area (Å²) in [6.07, 6.45) is 4.11. The zero-order valence-electron chi connectivity index (χ0n) is 9.52. The Hall–Kier alpha value is -2.41. The molecule has 1 aliphatic heterocycles. The molecule has 2 N–H and O–H groups in total. The molecule has 0 saturated carbocycles. The number of nitro benzene ring substituents is 1. The fraction of sp³-hybridized carbons (Fsp3) is 0.0909. The van der Waals surface area contributed by atoms with Crippen molar-refractivity contribution < 1.29 is 10.0 Å². The second-order valence-corrected chi connectivity index (χ2v) is 4.27. The number of alkyl halides is 1. The SMILES string of the molecule is O=[N+]([O-])c1ccc(N=NC2(Cl)C=CC(O)=CN2)cc1. The van der Waals surface area contributed by atoms with Gasteiger partial charge in [-0.15, -0.1) is 5.11 Å². The minimum absolute atomic E-state index is 0.0249. The minimum atomic E-state index is -1.27. The van der Waals surface area contributed by atoms with Crippen LogP contribution in [0.5, 0.6) is 0 Å². The summed E-state index contributed by atoms with van der Waals surface area (Å²) in [5, 5.41) is 28.7. The Kier molecular flexibility index (Phi) is 3.48. The monoisotopic (exact) mass is 280 g/mol. The molecule has 1 aromatic carbocycles. The summed E-state index contributed by atoms with van der Waals surface area (Å²) < 4.78 is 0. The third kappa shape index (κ3) is 3.29. The average molecular weight is 281 g/mol. The van der Waals surface area contributed by atoms with Crippen molar-refractivity contribution in [2.45, 2.75) is 5.12 Å². The normalized spacial score (nSPS) is 22.1. The van der Waals surface area contributed by atoms with Crippen LogP contribution in [0.3, 0.4) is 0 Å². The van der Waals surface area contributed by atoms with Crippen molar-refractivity contribution >= 4 is 23.0 Å². The number of nitrogens with one attached hydrogen (secondary N) is 1. The van der Waals surface area contributed by atoms with Crippen LogP contribution in [0.25, 0.3) is 0 Å². The maximum absolute atomic E-state index is 10.5. The summed E-state index contributed by atoms with van der Waals surface area (Å²) in [7, 11) is 0. The van der Waals surface area contributed by atoms with E-state index in [0.717, 1.165) is 0 Å². The molecule has 0 fully saturated rings. The number of allylic oxidation sites excluding steroid dienone is 1. The van der Waals surface area contributed by atoms with E-state index in [1.165, 1.54) is 42.6 Å². The lowest BCUT2D eigenvalue weighted by atomic mass is 10.3. The maximum atomic E-state index is 10.5. The summed E-state index contributed by atoms with van der Waals surface area (Å²) in [5.41, 5.74) is 0.405. The van der Waals surface area contributed by atoms with E-state index in [2.05, 4.69) is 15.5 Å². The number of non-ortho nitro benzene ring substituents is 1. The van der Waals surface area contributed by atoms with E-state index in [0.29, 0.717) is 5.69 Å². The average Bonchev–Trinajstić information content (AvgIpc) is 2.41. The zero-order chi connectivity index (χ0) is 13.9. The molecule has 1 heterocycles. The molecule has 0 saturated heterocycles. The Morgan fingerprint density at radius 2 is 2.05 bits per heavy atom. The van der Waals surface area contributed by atoms with Gasteiger partial charge in [-0.2, -0.15) is 5.11 Å². The van der Waals surface area contributed by atoms with Crippen molar-refractivity contribution in [3.63, 3.8) is 0 Å². The predicted molar refractivity (Wildman–Crippen MR) is 69.2 cm³/mol. The highest BCUT2D eigenvalue weighted by Crippen LogP contribution is 2.24. The van der Waals surface area contributed by atoms with Crippen molar-refractivity contribution in [3.05, 3.63) is 58.5 Å². The van der Waals surface area contributed by atoms with E-state index in [4.69, 9.17) is 16.7 Å². The molecule has 0 amide bonds. The molecule has 1 aromatic rings. The molecule has 98 valence electrons. The van der Waals surface area contributed by atoms with Crippen molar-refractivity contribution in [1.82, 2.24) is 5.32 Å². The highest BCUT2D eigenvalue weighted by atomic mass is 35.5. The number of azo groups is 1. The predicted octanol–water partition coefficient (Wildman–Crippen LogP) is 3.13. The lowest BCUT2D eigenvalue weighted by molar-refractivity contribution is -0.384. The molecule has 1 atom stereocenters. The number of hydrogen-bond acceptors (Lipinski definition) is 6. The Labute approximate surface area is 113 Å². The fourth-order valence-electron chi connectivity index (χ4n) is 1.30. The number of rotatable bonds is 3. The van der Waals surface area contributed by atoms with Gasteiger partial charge in [-0.25, -0.2) is 0 Å². The molecule has 7 nitrogen and oxygen atoms in total. The molecular formula is C11H9ClN4O3. The molecule has 2 rings (SSSR count). The van der Waals surface area contributed by atoms with E-state index in [1.807, 2.05) is 0 Å². The Morgan fingerprint density at radius 3 is 2.58 bits per heavy atom. The van der Waals surface area contributed by atoms with Crippen LogP contribution in [0, 0.1) is 10.1 Å². The molecule has 0 aromatic heterocycles. The molecule has 0 bridgehead atoms. The lowest BCUT2D eigenvalue weighted by Gasteiger charge is -2.20. The van der Waals surface area contributed by atoms with Crippen LogP contribution in [0.4, 0.5) is 11.4 Å². The number of nitro groups is 1. The van der Waals surface area contributed by atoms with E-state index >= 15 is 0 Å². The first-order valence-corrected chi connectivity index (χ1v) is 5.59. The van der Waals surface area contributed by atoms with E-state index in [-0.39, 0.29) is 11.4 Å². The molecule has 1 unspecified atom stereocenters. The van der Waals surface area contributed by atoms with Gasteiger partial charge in [0.1, 0.15) is 5.76 Å². The summed E-state index contributed by atoms with van der Waals surface area (Å²) in [5.74, 6) is 0.0295. The van der Waals surface area contributed by atoms with Crippen LogP contribution in [0.2, 0.25) is 0 Å². The quantitative estimate of drug-likeness (QED) is 0.292. The van der Waals surface area contributed by atoms with E-state index in [1.54, 1.807) is 0 Å². The number of aliphatic hydroxyl groups excluding tert-OH is 1. The second-order valence-electron chi connectivity index (χ2n) is 3.69. The van der Waals surface area contributed by atoms with Crippen molar-refractivity contribution in [3.8, 4) is 0 Å². The van der Waals surface area contributed by atoms with Gasteiger partial charge in [-0.05, 0) is 24.3 Å². The highest BCUT2D eigenvalue weighted by molar-refractivity contribution is 6.24. The van der Waals surface area contributed by atoms with Crippen LogP contribution in [0.15, 0.2) is 58.6 Å². The first kappa shape index (κ1) is 13.0. The molecule has 19 heavy (non-hydrogen) atoms. The number of hydrogen-bond donors (Lipinski definition) is 2. The van der Waals surface area contributed by atoms with Crippen LogP contribution in [-0.2, 0) is 0 Å². The van der Waals surface area contributed by atoms with Crippen LogP contribution < -0.4 is 5.32 Å². The maximum Gasteiger partial charge on any atom is 0.269 e. The van der Waals surface area contributed by atoms with Gasteiger partial charge in [0, 0.05) is 18.3 Å². The van der Waals surface area contributed by atoms with Crippen LogP contribution in [0.1, 0.15) is 0 Å². The molecule has 0 spiro atoms. The van der Waals surface area contributed by atoms with Gasteiger partial charge in [0.05, 0.1) is 10.6 Å². The summed E-state index contributed by atoms with van der Waals surface area (Å²) in [6.45, 7) is 0. The number of dihydropyridines is 1. The molecule has 8 heteroatoms. The van der Waals surface area contributed by atoms with Gasteiger partial charge >= 0.3 is 0 Å². The smallest absolute Gasteiger partial charge is 0.269 e. The standard InChI is InChI=1S/C11H9ClN4O3/c12-11(6-5-10(17)7-13-11)15-14-8-1-3-9(4-2-8)16(18)19/h1-7,13,17H. The number of nitrogens with zero attached hydrogens (tertiary/aromatic N) is 3. The van der Waals surface area contributed by atoms with Crippen LogP contribution >= 0.6 is 11.6 Å². The Bertz CT molecular complexity index is 582. The number of benzene rings is 1. The van der Waals surface area contributed by atoms with Crippen molar-refractivity contribution in [2.24, 2.45) is 10.2 Å². The lowest BCUT2D eigenvalue weighted by Crippen LogP contribution is -2.33. The van der Waals surface area contributed by atoms with E-state index < -0.39 is 10.0 Å². The molecule has 1 aliphatic rings. The van der Waals surface area contributed by atoms with E-state index in [9.17, 15) is 10.1 Å². The summed E-state index contributed by atoms with van der Waals surface area (Å²) in [4.78, 5) is 9.98. The Balaban J connectivity index is 2.11. The fourth-order valence-corrected chi connectivity index (χ4v) is 1.46. The van der Waals surface area contributed by atoms with Gasteiger partial charge in [0.15, 0.2) is 0 Å². The zero-order valence-corrected chi connectivity index (χ0v) is 10.3. The third-order valence-corrected chi connectivity index (χ3v) is 2.58.